The topological polar surface area (TPSA) is 93.9 Å². The number of nitrogens with zero attached hydrogens (tertiary/aromatic N) is 1. The molecule has 7 nitrogen and oxygen atoms in total. The lowest BCUT2D eigenvalue weighted by Gasteiger charge is -2.21. The van der Waals surface area contributed by atoms with E-state index in [-0.39, 0.29) is 12.0 Å². The summed E-state index contributed by atoms with van der Waals surface area (Å²) in [4.78, 5) is 26.6. The fourth-order valence-corrected chi connectivity index (χ4v) is 4.45. The predicted molar refractivity (Wildman–Crippen MR) is 120 cm³/mol. The third kappa shape index (κ3) is 3.36. The maximum atomic E-state index is 13.1. The highest BCUT2D eigenvalue weighted by molar-refractivity contribution is 6.11. The van der Waals surface area contributed by atoms with Crippen LogP contribution in [0.3, 0.4) is 0 Å². The van der Waals surface area contributed by atoms with Crippen LogP contribution < -0.4 is 25.6 Å². The minimum Gasteiger partial charge on any atom is -0.493 e. The summed E-state index contributed by atoms with van der Waals surface area (Å²) in [6, 6.07) is 18.8. The second-order valence-electron chi connectivity index (χ2n) is 7.92. The first kappa shape index (κ1) is 20.1. The molecular weight excluding hydrogens is 406 g/mol. The normalized spacial score (nSPS) is 16.5. The minimum absolute atomic E-state index is 0.0563. The molecule has 0 bridgehead atoms. The molecule has 1 aliphatic heterocycles. The van der Waals surface area contributed by atoms with Gasteiger partial charge in [0, 0.05) is 22.9 Å². The number of hydrogen-bond acceptors (Lipinski definition) is 5. The van der Waals surface area contributed by atoms with E-state index in [1.54, 1.807) is 30.2 Å². The van der Waals surface area contributed by atoms with E-state index in [9.17, 15) is 9.59 Å². The molecule has 3 aromatic carbocycles. The number of nitrogens with one attached hydrogen (secondary N) is 1. The number of amides is 2. The number of benzene rings is 3. The molecule has 0 radical (unpaired) electrons. The van der Waals surface area contributed by atoms with Gasteiger partial charge in [-0.15, -0.1) is 0 Å². The number of ether oxygens (including phenoxy) is 2. The number of hydrogen-bond donors (Lipinski definition) is 2. The molecule has 162 valence electrons. The van der Waals surface area contributed by atoms with Crippen LogP contribution in [0.4, 0.5) is 5.69 Å². The molecule has 0 saturated carbocycles. The summed E-state index contributed by atoms with van der Waals surface area (Å²) in [7, 11) is 1.60. The highest BCUT2D eigenvalue weighted by Crippen LogP contribution is 2.41. The van der Waals surface area contributed by atoms with Gasteiger partial charge in [-0.05, 0) is 53.8 Å². The summed E-state index contributed by atoms with van der Waals surface area (Å²) in [5, 5.41) is 0. The van der Waals surface area contributed by atoms with Crippen molar-refractivity contribution in [3.8, 4) is 11.5 Å². The molecule has 2 aliphatic rings. The smallest absolute Gasteiger partial charge is 0.265 e. The van der Waals surface area contributed by atoms with Crippen molar-refractivity contribution in [3.05, 3.63) is 88.5 Å². The van der Waals surface area contributed by atoms with Crippen molar-refractivity contribution in [3.63, 3.8) is 0 Å². The number of rotatable bonds is 5. The molecule has 7 heteroatoms. The van der Waals surface area contributed by atoms with Crippen LogP contribution in [0.2, 0.25) is 0 Å². The fourth-order valence-electron chi connectivity index (χ4n) is 4.45. The van der Waals surface area contributed by atoms with Gasteiger partial charge < -0.3 is 14.4 Å². The molecule has 32 heavy (non-hydrogen) atoms. The molecule has 3 aromatic rings. The van der Waals surface area contributed by atoms with Gasteiger partial charge in [0.2, 0.25) is 0 Å². The first-order valence-corrected chi connectivity index (χ1v) is 10.5. The number of nitrogen functional groups attached to an aromatic ring is 1. The van der Waals surface area contributed by atoms with Crippen LogP contribution in [0, 0.1) is 0 Å². The largest absolute Gasteiger partial charge is 0.493 e. The average molecular weight is 429 g/mol. The van der Waals surface area contributed by atoms with E-state index in [0.717, 1.165) is 18.4 Å². The SMILES string of the molecule is COc1ccc(N2Cc3ccc(C(=O)NN)cc3C2=O)cc1OC1CCc2ccccc21. The molecule has 1 unspecified atom stereocenters. The monoisotopic (exact) mass is 429 g/mol. The van der Waals surface area contributed by atoms with Crippen LogP contribution in [0.1, 0.15) is 49.9 Å². The van der Waals surface area contributed by atoms with Gasteiger partial charge in [-0.25, -0.2) is 5.84 Å². The number of carbonyl (C=O) groups excluding carboxylic acids is 2. The lowest BCUT2D eigenvalue weighted by Crippen LogP contribution is -2.30. The Labute approximate surface area is 185 Å². The van der Waals surface area contributed by atoms with Gasteiger partial charge >= 0.3 is 0 Å². The van der Waals surface area contributed by atoms with Crippen LogP contribution in [0.5, 0.6) is 11.5 Å². The molecule has 0 saturated heterocycles. The van der Waals surface area contributed by atoms with Gasteiger partial charge in [-0.1, -0.05) is 30.3 Å². The molecular formula is C25H23N3O4. The summed E-state index contributed by atoms with van der Waals surface area (Å²) in [6.07, 6.45) is 1.81. The van der Waals surface area contributed by atoms with E-state index >= 15 is 0 Å². The van der Waals surface area contributed by atoms with Gasteiger partial charge in [-0.2, -0.15) is 0 Å². The molecule has 1 heterocycles. The van der Waals surface area contributed by atoms with E-state index in [0.29, 0.717) is 34.9 Å². The lowest BCUT2D eigenvalue weighted by atomic mass is 10.1. The van der Waals surface area contributed by atoms with Gasteiger partial charge in [0.15, 0.2) is 11.5 Å². The van der Waals surface area contributed by atoms with E-state index in [4.69, 9.17) is 15.3 Å². The van der Waals surface area contributed by atoms with E-state index in [1.807, 2.05) is 30.3 Å². The molecule has 1 aliphatic carbocycles. The summed E-state index contributed by atoms with van der Waals surface area (Å²) in [5.74, 6) is 5.83. The summed E-state index contributed by atoms with van der Waals surface area (Å²) in [5.41, 5.74) is 6.99. The number of methoxy groups -OCH3 is 1. The van der Waals surface area contributed by atoms with Crippen molar-refractivity contribution in [2.45, 2.75) is 25.5 Å². The number of anilines is 1. The minimum atomic E-state index is -0.434. The Bertz CT molecular complexity index is 1220. The predicted octanol–water partition coefficient (Wildman–Crippen LogP) is 3.53. The van der Waals surface area contributed by atoms with E-state index in [1.165, 1.54) is 11.1 Å². The second-order valence-corrected chi connectivity index (χ2v) is 7.92. The molecule has 0 aromatic heterocycles. The maximum Gasteiger partial charge on any atom is 0.265 e. The zero-order valence-corrected chi connectivity index (χ0v) is 17.6. The molecule has 0 fully saturated rings. The van der Waals surface area contributed by atoms with Crippen molar-refractivity contribution in [1.82, 2.24) is 5.43 Å². The van der Waals surface area contributed by atoms with E-state index in [2.05, 4.69) is 17.6 Å². The molecule has 1 atom stereocenters. The van der Waals surface area contributed by atoms with Crippen LogP contribution >= 0.6 is 0 Å². The number of fused-ring (bicyclic) bond motifs is 2. The van der Waals surface area contributed by atoms with Crippen LogP contribution in [-0.2, 0) is 13.0 Å². The highest BCUT2D eigenvalue weighted by Gasteiger charge is 2.31. The molecule has 3 N–H and O–H groups in total. The van der Waals surface area contributed by atoms with Crippen molar-refractivity contribution >= 4 is 17.5 Å². The maximum absolute atomic E-state index is 13.1. The summed E-state index contributed by atoms with van der Waals surface area (Å²) >= 11 is 0. The fraction of sp³-hybridized carbons (Fsp3) is 0.200. The summed E-state index contributed by atoms with van der Waals surface area (Å²) in [6.45, 7) is 0.413. The van der Waals surface area contributed by atoms with Crippen molar-refractivity contribution in [2.75, 3.05) is 12.0 Å². The van der Waals surface area contributed by atoms with Gasteiger partial charge in [0.25, 0.3) is 11.8 Å². The second kappa shape index (κ2) is 8.01. The zero-order chi connectivity index (χ0) is 22.2. The Morgan fingerprint density at radius 3 is 2.72 bits per heavy atom. The first-order valence-electron chi connectivity index (χ1n) is 10.5. The quantitative estimate of drug-likeness (QED) is 0.368. The Kier molecular flexibility index (Phi) is 5.03. The Hall–Kier alpha value is -3.84. The average Bonchev–Trinajstić information content (AvgIpc) is 3.39. The standard InChI is InChI=1S/C25H23N3O4/c1-31-22-11-9-18(13-23(22)32-21-10-8-15-4-2-3-5-19(15)21)28-14-17-7-6-16(24(29)27-26)12-20(17)25(28)30/h2-7,9,11-13,21H,8,10,14,26H2,1H3,(H,27,29). The number of aryl methyl sites for hydroxylation is 1. The zero-order valence-electron chi connectivity index (χ0n) is 17.6. The van der Waals surface area contributed by atoms with Crippen LogP contribution in [-0.4, -0.2) is 18.9 Å². The Morgan fingerprint density at radius 2 is 1.91 bits per heavy atom. The van der Waals surface area contributed by atoms with Gasteiger partial charge in [0.05, 0.1) is 13.7 Å². The number of carbonyl (C=O) groups is 2. The third-order valence-electron chi connectivity index (χ3n) is 6.11. The summed E-state index contributed by atoms with van der Waals surface area (Å²) < 4.78 is 11.9. The first-order chi connectivity index (χ1) is 15.6. The Balaban J connectivity index is 1.44. The number of hydrazine groups is 1. The van der Waals surface area contributed by atoms with Crippen LogP contribution in [0.15, 0.2) is 60.7 Å². The van der Waals surface area contributed by atoms with Gasteiger partial charge in [0.1, 0.15) is 6.10 Å². The number of nitrogens with two attached hydrogens (primary N) is 1. The molecule has 2 amide bonds. The van der Waals surface area contributed by atoms with Crippen molar-refractivity contribution in [1.29, 1.82) is 0 Å². The van der Waals surface area contributed by atoms with Gasteiger partial charge in [-0.3, -0.25) is 15.0 Å². The Morgan fingerprint density at radius 1 is 1.06 bits per heavy atom. The lowest BCUT2D eigenvalue weighted by molar-refractivity contribution is 0.0953. The third-order valence-corrected chi connectivity index (χ3v) is 6.11. The van der Waals surface area contributed by atoms with Crippen LogP contribution in [0.25, 0.3) is 0 Å². The molecule has 0 spiro atoms. The highest BCUT2D eigenvalue weighted by atomic mass is 16.5. The van der Waals surface area contributed by atoms with Crippen molar-refractivity contribution in [2.24, 2.45) is 5.84 Å². The molecule has 5 rings (SSSR count). The van der Waals surface area contributed by atoms with Crippen molar-refractivity contribution < 1.29 is 19.1 Å². The van der Waals surface area contributed by atoms with E-state index < -0.39 is 5.91 Å².